The van der Waals surface area contributed by atoms with Crippen LogP contribution in [0.1, 0.15) is 45.3 Å². The van der Waals surface area contributed by atoms with E-state index in [0.717, 1.165) is 18.2 Å². The first-order valence-electron chi connectivity index (χ1n) is 5.81. The molecule has 84 valence electrons. The molecule has 3 nitrogen and oxygen atoms in total. The van der Waals surface area contributed by atoms with Gasteiger partial charge in [-0.15, -0.1) is 0 Å². The Kier molecular flexibility index (Phi) is 2.59. The fourth-order valence-corrected chi connectivity index (χ4v) is 2.26. The highest BCUT2D eigenvalue weighted by molar-refractivity contribution is 5.06. The minimum Gasteiger partial charge on any atom is -0.333 e. The molecule has 2 N–H and O–H groups in total. The Balaban J connectivity index is 2.14. The molecule has 1 unspecified atom stereocenters. The molecule has 1 fully saturated rings. The zero-order chi connectivity index (χ0) is 11.1. The van der Waals surface area contributed by atoms with Gasteiger partial charge in [-0.25, -0.2) is 4.98 Å². The molecular formula is C12H21N3. The molecule has 1 aromatic heterocycles. The number of aromatic nitrogens is 2. The van der Waals surface area contributed by atoms with Gasteiger partial charge in [0.05, 0.1) is 12.0 Å². The number of rotatable bonds is 4. The summed E-state index contributed by atoms with van der Waals surface area (Å²) >= 11 is 0. The van der Waals surface area contributed by atoms with Crippen LogP contribution in [0.25, 0.3) is 0 Å². The highest BCUT2D eigenvalue weighted by Crippen LogP contribution is 2.53. The summed E-state index contributed by atoms with van der Waals surface area (Å²) in [5.41, 5.74) is 7.59. The lowest BCUT2D eigenvalue weighted by Crippen LogP contribution is -2.20. The van der Waals surface area contributed by atoms with Crippen molar-refractivity contribution < 1.29 is 0 Å². The highest BCUT2D eigenvalue weighted by atomic mass is 15.1. The summed E-state index contributed by atoms with van der Waals surface area (Å²) in [6, 6.07) is 0.0791. The fraction of sp³-hybridized carbons (Fsp3) is 0.750. The summed E-state index contributed by atoms with van der Waals surface area (Å²) in [6.07, 6.45) is 6.50. The predicted molar refractivity (Wildman–Crippen MR) is 61.3 cm³/mol. The molecule has 1 aliphatic rings. The van der Waals surface area contributed by atoms with E-state index in [1.165, 1.54) is 12.8 Å². The molecule has 0 aliphatic heterocycles. The quantitative estimate of drug-likeness (QED) is 0.823. The topological polar surface area (TPSA) is 43.8 Å². The van der Waals surface area contributed by atoms with E-state index in [4.69, 9.17) is 5.73 Å². The molecule has 1 heterocycles. The third-order valence-corrected chi connectivity index (χ3v) is 3.81. The molecule has 15 heavy (non-hydrogen) atoms. The summed E-state index contributed by atoms with van der Waals surface area (Å²) in [5, 5.41) is 0. The Morgan fingerprint density at radius 1 is 1.47 bits per heavy atom. The fourth-order valence-electron chi connectivity index (χ4n) is 2.26. The molecule has 0 amide bonds. The molecule has 3 heteroatoms. The third kappa shape index (κ3) is 1.93. The van der Waals surface area contributed by atoms with Crippen LogP contribution in [0.2, 0.25) is 0 Å². The van der Waals surface area contributed by atoms with Gasteiger partial charge in [-0.2, -0.15) is 0 Å². The lowest BCUT2D eigenvalue weighted by atomic mass is 9.92. The summed E-state index contributed by atoms with van der Waals surface area (Å²) in [4.78, 5) is 4.20. The van der Waals surface area contributed by atoms with E-state index in [2.05, 4.69) is 23.4 Å². The second-order valence-electron chi connectivity index (χ2n) is 5.25. The van der Waals surface area contributed by atoms with Crippen molar-refractivity contribution in [2.45, 2.75) is 46.2 Å². The first kappa shape index (κ1) is 10.7. The van der Waals surface area contributed by atoms with E-state index >= 15 is 0 Å². The van der Waals surface area contributed by atoms with Crippen LogP contribution in [-0.2, 0) is 6.54 Å². The second kappa shape index (κ2) is 3.63. The molecule has 0 bridgehead atoms. The van der Waals surface area contributed by atoms with E-state index in [1.807, 2.05) is 19.4 Å². The van der Waals surface area contributed by atoms with Crippen LogP contribution in [0.3, 0.4) is 0 Å². The first-order valence-corrected chi connectivity index (χ1v) is 5.81. The minimum absolute atomic E-state index is 0.0791. The maximum absolute atomic E-state index is 5.91. The standard InChI is InChI=1S/C12H21N3/c1-9(2)12(4-5-12)7-15-8-14-6-11(15)10(3)13/h6,8-10H,4-5,7,13H2,1-3H3. The Morgan fingerprint density at radius 3 is 2.60 bits per heavy atom. The van der Waals surface area contributed by atoms with Crippen LogP contribution in [-0.4, -0.2) is 9.55 Å². The Labute approximate surface area is 91.7 Å². The summed E-state index contributed by atoms with van der Waals surface area (Å²) in [5.74, 6) is 0.751. The number of hydrogen-bond acceptors (Lipinski definition) is 2. The van der Waals surface area contributed by atoms with Gasteiger partial charge in [0, 0.05) is 18.8 Å². The van der Waals surface area contributed by atoms with E-state index in [-0.39, 0.29) is 6.04 Å². The van der Waals surface area contributed by atoms with Gasteiger partial charge in [0.2, 0.25) is 0 Å². The summed E-state index contributed by atoms with van der Waals surface area (Å²) < 4.78 is 2.23. The van der Waals surface area contributed by atoms with E-state index in [9.17, 15) is 0 Å². The average molecular weight is 207 g/mol. The van der Waals surface area contributed by atoms with Crippen LogP contribution < -0.4 is 5.73 Å². The largest absolute Gasteiger partial charge is 0.333 e. The van der Waals surface area contributed by atoms with Gasteiger partial charge >= 0.3 is 0 Å². The van der Waals surface area contributed by atoms with Crippen molar-refractivity contribution in [1.82, 2.24) is 9.55 Å². The van der Waals surface area contributed by atoms with E-state index in [1.54, 1.807) is 0 Å². The van der Waals surface area contributed by atoms with Crippen molar-refractivity contribution >= 4 is 0 Å². The van der Waals surface area contributed by atoms with Gasteiger partial charge < -0.3 is 10.3 Å². The molecule has 1 atom stereocenters. The maximum Gasteiger partial charge on any atom is 0.0948 e. The number of nitrogens with two attached hydrogens (primary N) is 1. The van der Waals surface area contributed by atoms with Crippen molar-refractivity contribution in [3.05, 3.63) is 18.2 Å². The smallest absolute Gasteiger partial charge is 0.0948 e. The minimum atomic E-state index is 0.0791. The van der Waals surface area contributed by atoms with Crippen LogP contribution in [0, 0.1) is 11.3 Å². The van der Waals surface area contributed by atoms with Crippen LogP contribution in [0.15, 0.2) is 12.5 Å². The Bertz CT molecular complexity index is 334. The van der Waals surface area contributed by atoms with Gasteiger partial charge in [-0.3, -0.25) is 0 Å². The predicted octanol–water partition coefficient (Wildman–Crippen LogP) is 2.34. The summed E-state index contributed by atoms with van der Waals surface area (Å²) in [6.45, 7) is 7.73. The molecule has 0 aromatic carbocycles. The third-order valence-electron chi connectivity index (χ3n) is 3.81. The maximum atomic E-state index is 5.91. The van der Waals surface area contributed by atoms with Gasteiger partial charge in [-0.05, 0) is 31.1 Å². The summed E-state index contributed by atoms with van der Waals surface area (Å²) in [7, 11) is 0. The zero-order valence-corrected chi connectivity index (χ0v) is 9.90. The Hall–Kier alpha value is -0.830. The van der Waals surface area contributed by atoms with Crippen molar-refractivity contribution in [2.24, 2.45) is 17.1 Å². The van der Waals surface area contributed by atoms with Gasteiger partial charge in [0.15, 0.2) is 0 Å². The normalized spacial score (nSPS) is 20.6. The van der Waals surface area contributed by atoms with Crippen molar-refractivity contribution in [2.75, 3.05) is 0 Å². The second-order valence-corrected chi connectivity index (χ2v) is 5.25. The number of hydrogen-bond donors (Lipinski definition) is 1. The average Bonchev–Trinajstić information content (AvgIpc) is 2.77. The molecule has 0 radical (unpaired) electrons. The number of nitrogens with zero attached hydrogens (tertiary/aromatic N) is 2. The monoisotopic (exact) mass is 207 g/mol. The molecule has 1 aliphatic carbocycles. The number of imidazole rings is 1. The zero-order valence-electron chi connectivity index (χ0n) is 9.90. The molecule has 0 saturated heterocycles. The van der Waals surface area contributed by atoms with Crippen molar-refractivity contribution in [1.29, 1.82) is 0 Å². The van der Waals surface area contributed by atoms with Gasteiger partial charge in [-0.1, -0.05) is 13.8 Å². The van der Waals surface area contributed by atoms with Crippen LogP contribution >= 0.6 is 0 Å². The van der Waals surface area contributed by atoms with Crippen LogP contribution in [0.5, 0.6) is 0 Å². The van der Waals surface area contributed by atoms with Gasteiger partial charge in [0.25, 0.3) is 0 Å². The molecule has 1 aromatic rings. The molecule has 1 saturated carbocycles. The Morgan fingerprint density at radius 2 is 2.13 bits per heavy atom. The molecule has 0 spiro atoms. The van der Waals surface area contributed by atoms with Crippen molar-refractivity contribution in [3.63, 3.8) is 0 Å². The van der Waals surface area contributed by atoms with Crippen molar-refractivity contribution in [3.8, 4) is 0 Å². The van der Waals surface area contributed by atoms with Crippen LogP contribution in [0.4, 0.5) is 0 Å². The SMILES string of the molecule is CC(N)c1cncn1CC1(C(C)C)CC1. The van der Waals surface area contributed by atoms with E-state index in [0.29, 0.717) is 5.41 Å². The molecular weight excluding hydrogens is 186 g/mol. The molecule has 2 rings (SSSR count). The lowest BCUT2D eigenvalue weighted by Gasteiger charge is -2.22. The first-order chi connectivity index (χ1) is 7.05. The van der Waals surface area contributed by atoms with E-state index < -0.39 is 0 Å². The lowest BCUT2D eigenvalue weighted by molar-refractivity contribution is 0.304. The highest BCUT2D eigenvalue weighted by Gasteiger charge is 2.45. The van der Waals surface area contributed by atoms with Gasteiger partial charge in [0.1, 0.15) is 0 Å².